The Bertz CT molecular complexity index is 545. The average Bonchev–Trinajstić information content (AvgIpc) is 2.58. The number of nitrogens with zero attached hydrogens (tertiary/aromatic N) is 1. The molecule has 0 amide bonds. The molecule has 5 nitrogen and oxygen atoms in total. The van der Waals surface area contributed by atoms with Gasteiger partial charge in [-0.15, -0.1) is 0 Å². The first-order chi connectivity index (χ1) is 12.4. The van der Waals surface area contributed by atoms with Crippen LogP contribution < -0.4 is 0 Å². The molecule has 156 valence electrons. The van der Waals surface area contributed by atoms with Crippen molar-refractivity contribution in [2.45, 2.75) is 85.2 Å². The highest BCUT2D eigenvalue weighted by molar-refractivity contribution is 5.26. The molecule has 2 aliphatic carbocycles. The van der Waals surface area contributed by atoms with Crippen LogP contribution in [0.4, 0.5) is 0 Å². The van der Waals surface area contributed by atoms with Crippen molar-refractivity contribution in [1.29, 1.82) is 0 Å². The third-order valence-electron chi connectivity index (χ3n) is 6.80. The largest absolute Gasteiger partial charge is 0.389 e. The van der Waals surface area contributed by atoms with Crippen molar-refractivity contribution in [3.05, 3.63) is 16.6 Å². The maximum absolute atomic E-state index is 12.0. The molecule has 5 heteroatoms. The molecule has 7 atom stereocenters. The number of rotatable bonds is 4. The first-order valence-corrected chi connectivity index (χ1v) is 10.2. The molecule has 0 spiro atoms. The summed E-state index contributed by atoms with van der Waals surface area (Å²) in [6.07, 6.45) is 3.74. The molecule has 1 N–H and O–H groups in total. The quantitative estimate of drug-likeness (QED) is 0.572. The molecule has 0 saturated heterocycles. The standard InChI is InChI=1S/C22H39NO4/c1-21(2,3)17-10-13(24)9-15(19(17)23-25)16-11-14(26-7)12-18(20(16)27-8)22(4,5)6/h9,13-14,16-20,24H,10-12H2,1-8H3. The van der Waals surface area contributed by atoms with Gasteiger partial charge in [-0.25, -0.2) is 0 Å². The summed E-state index contributed by atoms with van der Waals surface area (Å²) in [5.41, 5.74) is 0.893. The monoisotopic (exact) mass is 381 g/mol. The van der Waals surface area contributed by atoms with Gasteiger partial charge in [0.05, 0.1) is 18.3 Å². The fourth-order valence-electron chi connectivity index (χ4n) is 5.22. The summed E-state index contributed by atoms with van der Waals surface area (Å²) in [6, 6.07) is -0.424. The second-order valence-corrected chi connectivity index (χ2v) is 10.6. The Morgan fingerprint density at radius 2 is 1.56 bits per heavy atom. The van der Waals surface area contributed by atoms with Crippen LogP contribution in [0.25, 0.3) is 0 Å². The highest BCUT2D eigenvalue weighted by atomic mass is 16.5. The van der Waals surface area contributed by atoms with Crippen molar-refractivity contribution in [3.8, 4) is 0 Å². The average molecular weight is 382 g/mol. The number of hydrogen-bond acceptors (Lipinski definition) is 5. The summed E-state index contributed by atoms with van der Waals surface area (Å²) < 4.78 is 11.8. The molecule has 0 heterocycles. The van der Waals surface area contributed by atoms with Gasteiger partial charge in [-0.1, -0.05) is 52.8 Å². The molecule has 0 aromatic carbocycles. The smallest absolute Gasteiger partial charge is 0.117 e. The Labute approximate surface area is 164 Å². The molecule has 2 aliphatic rings. The zero-order valence-corrected chi connectivity index (χ0v) is 18.4. The predicted molar refractivity (Wildman–Crippen MR) is 108 cm³/mol. The maximum Gasteiger partial charge on any atom is 0.117 e. The van der Waals surface area contributed by atoms with Crippen LogP contribution >= 0.6 is 0 Å². The van der Waals surface area contributed by atoms with E-state index in [-0.39, 0.29) is 34.9 Å². The summed E-state index contributed by atoms with van der Waals surface area (Å²) in [6.45, 7) is 13.1. The van der Waals surface area contributed by atoms with Gasteiger partial charge in [0.15, 0.2) is 0 Å². The van der Waals surface area contributed by atoms with E-state index in [1.165, 1.54) is 0 Å². The minimum atomic E-state index is -0.546. The summed E-state index contributed by atoms with van der Waals surface area (Å²) in [5, 5.41) is 14.1. The fraction of sp³-hybridized carbons (Fsp3) is 0.909. The minimum Gasteiger partial charge on any atom is -0.389 e. The van der Waals surface area contributed by atoms with E-state index in [4.69, 9.17) is 9.47 Å². The Balaban J connectivity index is 2.48. The van der Waals surface area contributed by atoms with Crippen LogP contribution in [0.1, 0.15) is 60.8 Å². The first-order valence-electron chi connectivity index (χ1n) is 10.2. The van der Waals surface area contributed by atoms with Gasteiger partial charge in [0.25, 0.3) is 0 Å². The van der Waals surface area contributed by atoms with Gasteiger partial charge in [0, 0.05) is 20.1 Å². The SMILES string of the molecule is COC1CC(C2=CC(O)CC(C(C)(C)C)C2N=O)C(OC)C(C(C)(C)C)C1. The first kappa shape index (κ1) is 22.5. The molecular formula is C22H39NO4. The van der Waals surface area contributed by atoms with Crippen LogP contribution in [0.2, 0.25) is 0 Å². The topological polar surface area (TPSA) is 68.1 Å². The number of ether oxygens (including phenoxy) is 2. The summed E-state index contributed by atoms with van der Waals surface area (Å²) in [5.74, 6) is 0.338. The van der Waals surface area contributed by atoms with E-state index in [1.807, 2.05) is 6.08 Å². The van der Waals surface area contributed by atoms with E-state index in [0.29, 0.717) is 12.3 Å². The van der Waals surface area contributed by atoms with Crippen LogP contribution in [0.5, 0.6) is 0 Å². The zero-order valence-electron chi connectivity index (χ0n) is 18.4. The normalized spacial score (nSPS) is 38.4. The Morgan fingerprint density at radius 1 is 0.963 bits per heavy atom. The van der Waals surface area contributed by atoms with Gasteiger partial charge in [-0.2, -0.15) is 4.91 Å². The van der Waals surface area contributed by atoms with Crippen LogP contribution in [0.15, 0.2) is 16.8 Å². The molecule has 0 radical (unpaired) electrons. The maximum atomic E-state index is 12.0. The number of nitroso groups, excluding NO2 is 1. The molecule has 7 unspecified atom stereocenters. The van der Waals surface area contributed by atoms with E-state index in [1.54, 1.807) is 14.2 Å². The highest BCUT2D eigenvalue weighted by Crippen LogP contribution is 2.49. The summed E-state index contributed by atoms with van der Waals surface area (Å²) in [4.78, 5) is 12.0. The van der Waals surface area contributed by atoms with Crippen molar-refractivity contribution in [2.24, 2.45) is 33.8 Å². The lowest BCUT2D eigenvalue weighted by atomic mass is 9.60. The minimum absolute atomic E-state index is 0.0125. The Kier molecular flexibility index (Phi) is 6.92. The fourth-order valence-corrected chi connectivity index (χ4v) is 5.22. The number of hydrogen-bond donors (Lipinski definition) is 1. The summed E-state index contributed by atoms with van der Waals surface area (Å²) in [7, 11) is 3.51. The zero-order chi connectivity index (χ0) is 20.6. The van der Waals surface area contributed by atoms with Crippen molar-refractivity contribution in [1.82, 2.24) is 0 Å². The summed E-state index contributed by atoms with van der Waals surface area (Å²) >= 11 is 0. The number of methoxy groups -OCH3 is 2. The molecular weight excluding hydrogens is 342 g/mol. The van der Waals surface area contributed by atoms with Crippen molar-refractivity contribution in [3.63, 3.8) is 0 Å². The molecule has 1 fully saturated rings. The third-order valence-corrected chi connectivity index (χ3v) is 6.80. The van der Waals surface area contributed by atoms with Crippen molar-refractivity contribution >= 4 is 0 Å². The van der Waals surface area contributed by atoms with E-state index >= 15 is 0 Å². The van der Waals surface area contributed by atoms with Crippen LogP contribution in [-0.4, -0.2) is 43.7 Å². The van der Waals surface area contributed by atoms with Crippen LogP contribution in [0.3, 0.4) is 0 Å². The number of aliphatic hydroxyl groups excluding tert-OH is 1. The van der Waals surface area contributed by atoms with E-state index in [0.717, 1.165) is 18.4 Å². The van der Waals surface area contributed by atoms with Gasteiger partial charge < -0.3 is 14.6 Å². The van der Waals surface area contributed by atoms with Crippen molar-refractivity contribution in [2.75, 3.05) is 14.2 Å². The second-order valence-electron chi connectivity index (χ2n) is 10.6. The van der Waals surface area contributed by atoms with Gasteiger partial charge in [-0.3, -0.25) is 0 Å². The number of aliphatic hydroxyl groups is 1. The third kappa shape index (κ3) is 4.80. The van der Waals surface area contributed by atoms with Crippen LogP contribution in [-0.2, 0) is 9.47 Å². The van der Waals surface area contributed by atoms with Gasteiger partial charge >= 0.3 is 0 Å². The molecule has 0 aromatic rings. The molecule has 0 aliphatic heterocycles. The van der Waals surface area contributed by atoms with Crippen LogP contribution in [0, 0.1) is 33.5 Å². The van der Waals surface area contributed by atoms with Gasteiger partial charge in [0.2, 0.25) is 0 Å². The lowest BCUT2D eigenvalue weighted by Crippen LogP contribution is -2.50. The van der Waals surface area contributed by atoms with E-state index < -0.39 is 12.1 Å². The van der Waals surface area contributed by atoms with Gasteiger partial charge in [0.1, 0.15) is 6.04 Å². The lowest BCUT2D eigenvalue weighted by Gasteiger charge is -2.49. The molecule has 27 heavy (non-hydrogen) atoms. The molecule has 0 bridgehead atoms. The molecule has 0 aromatic heterocycles. The Morgan fingerprint density at radius 3 is 2.00 bits per heavy atom. The highest BCUT2D eigenvalue weighted by Gasteiger charge is 2.49. The second kappa shape index (κ2) is 8.30. The molecule has 2 rings (SSSR count). The lowest BCUT2D eigenvalue weighted by molar-refractivity contribution is -0.0952. The van der Waals surface area contributed by atoms with Gasteiger partial charge in [-0.05, 0) is 47.5 Å². The Hall–Kier alpha value is -0.780. The van der Waals surface area contributed by atoms with Crippen molar-refractivity contribution < 1.29 is 14.6 Å². The van der Waals surface area contributed by atoms with E-state index in [9.17, 15) is 10.0 Å². The predicted octanol–water partition coefficient (Wildman–Crippen LogP) is 4.58. The molecule has 1 saturated carbocycles. The van der Waals surface area contributed by atoms with E-state index in [2.05, 4.69) is 46.7 Å².